The zero-order valence-electron chi connectivity index (χ0n) is 15.1. The second-order valence-electron chi connectivity index (χ2n) is 6.52. The fourth-order valence-corrected chi connectivity index (χ4v) is 3.44. The third kappa shape index (κ3) is 3.36. The van der Waals surface area contributed by atoms with Crippen LogP contribution < -0.4 is 4.74 Å². The molecule has 3 aromatic rings. The molecule has 0 fully saturated rings. The number of aliphatic imine (C=N–C) groups is 1. The molecule has 0 unspecified atom stereocenters. The van der Waals surface area contributed by atoms with E-state index in [9.17, 15) is 4.79 Å². The number of hydrogen-bond donors (Lipinski definition) is 1. The average Bonchev–Trinajstić information content (AvgIpc) is 3.32. The monoisotopic (exact) mass is 360 g/mol. The number of carboxylic acids is 1. The largest absolute Gasteiger partial charge is 0.497 e. The van der Waals surface area contributed by atoms with Crippen LogP contribution in [-0.2, 0) is 17.8 Å². The van der Waals surface area contributed by atoms with Crippen LogP contribution >= 0.6 is 0 Å². The van der Waals surface area contributed by atoms with Gasteiger partial charge in [0.15, 0.2) is 0 Å². The number of hydrogen-bond acceptors (Lipinski definition) is 3. The van der Waals surface area contributed by atoms with Gasteiger partial charge in [-0.3, -0.25) is 9.79 Å². The number of aliphatic carboxylic acids is 1. The highest BCUT2D eigenvalue weighted by Gasteiger charge is 2.15. The summed E-state index contributed by atoms with van der Waals surface area (Å²) in [4.78, 5) is 15.4. The lowest BCUT2D eigenvalue weighted by Crippen LogP contribution is -2.06. The van der Waals surface area contributed by atoms with Crippen LogP contribution in [0.5, 0.6) is 5.75 Å². The molecule has 0 aliphatic carbocycles. The van der Waals surface area contributed by atoms with Crippen molar-refractivity contribution >= 4 is 12.2 Å². The highest BCUT2D eigenvalue weighted by atomic mass is 16.5. The van der Waals surface area contributed by atoms with Gasteiger partial charge in [0.1, 0.15) is 5.75 Å². The number of methoxy groups -OCH3 is 1. The summed E-state index contributed by atoms with van der Waals surface area (Å²) in [5, 5.41) is 9.10. The Bertz CT molecular complexity index is 1020. The zero-order chi connectivity index (χ0) is 18.8. The van der Waals surface area contributed by atoms with E-state index in [2.05, 4.69) is 27.8 Å². The number of carboxylic acid groups (broad SMARTS) is 1. The first-order valence-electron chi connectivity index (χ1n) is 8.85. The molecule has 0 atom stereocenters. The van der Waals surface area contributed by atoms with Gasteiger partial charge < -0.3 is 14.4 Å². The van der Waals surface area contributed by atoms with Crippen molar-refractivity contribution in [3.05, 3.63) is 71.4 Å². The predicted octanol–water partition coefficient (Wildman–Crippen LogP) is 4.10. The Labute approximate surface area is 157 Å². The number of carbonyl (C=O) groups is 1. The number of benzene rings is 2. The minimum Gasteiger partial charge on any atom is -0.497 e. The molecular weight excluding hydrogens is 340 g/mol. The van der Waals surface area contributed by atoms with Gasteiger partial charge in [-0.15, -0.1) is 0 Å². The van der Waals surface area contributed by atoms with Crippen LogP contribution in [0.2, 0.25) is 0 Å². The Morgan fingerprint density at radius 1 is 1.15 bits per heavy atom. The van der Waals surface area contributed by atoms with E-state index >= 15 is 0 Å². The molecule has 0 saturated heterocycles. The summed E-state index contributed by atoms with van der Waals surface area (Å²) in [6, 6.07) is 18.2. The van der Waals surface area contributed by atoms with E-state index < -0.39 is 5.97 Å². The van der Waals surface area contributed by atoms with Crippen molar-refractivity contribution < 1.29 is 14.6 Å². The molecule has 1 aliphatic rings. The van der Waals surface area contributed by atoms with E-state index in [0.29, 0.717) is 13.0 Å². The first-order chi connectivity index (χ1) is 13.2. The van der Waals surface area contributed by atoms with E-state index in [0.717, 1.165) is 34.0 Å². The smallest absolute Gasteiger partial charge is 0.303 e. The first-order valence-corrected chi connectivity index (χ1v) is 8.85. The van der Waals surface area contributed by atoms with Gasteiger partial charge in [-0.1, -0.05) is 6.07 Å². The Balaban J connectivity index is 1.80. The van der Waals surface area contributed by atoms with Gasteiger partial charge in [-0.25, -0.2) is 0 Å². The van der Waals surface area contributed by atoms with Gasteiger partial charge >= 0.3 is 5.97 Å². The van der Waals surface area contributed by atoms with Crippen LogP contribution in [0.3, 0.4) is 0 Å². The van der Waals surface area contributed by atoms with Crippen molar-refractivity contribution in [1.29, 1.82) is 0 Å². The summed E-state index contributed by atoms with van der Waals surface area (Å²) >= 11 is 0. The molecule has 136 valence electrons. The predicted molar refractivity (Wildman–Crippen MR) is 105 cm³/mol. The second kappa shape index (κ2) is 7.11. The number of aryl methyl sites for hydroxylation is 1. The molecule has 27 heavy (non-hydrogen) atoms. The molecule has 4 rings (SSSR count). The van der Waals surface area contributed by atoms with Crippen molar-refractivity contribution in [3.63, 3.8) is 0 Å². The molecule has 1 aliphatic heterocycles. The third-order valence-electron chi connectivity index (χ3n) is 4.82. The summed E-state index contributed by atoms with van der Waals surface area (Å²) < 4.78 is 7.40. The molecule has 0 bridgehead atoms. The van der Waals surface area contributed by atoms with Crippen LogP contribution in [0.4, 0.5) is 0 Å². The van der Waals surface area contributed by atoms with E-state index in [1.165, 1.54) is 5.56 Å². The Hall–Kier alpha value is -3.34. The summed E-state index contributed by atoms with van der Waals surface area (Å²) in [5.41, 5.74) is 6.40. The average molecular weight is 360 g/mol. The Morgan fingerprint density at radius 3 is 2.70 bits per heavy atom. The topological polar surface area (TPSA) is 63.8 Å². The number of nitrogens with zero attached hydrogens (tertiary/aromatic N) is 2. The zero-order valence-corrected chi connectivity index (χ0v) is 15.1. The molecule has 1 N–H and O–H groups in total. The normalized spacial score (nSPS) is 12.2. The van der Waals surface area contributed by atoms with Gasteiger partial charge in [0.2, 0.25) is 0 Å². The van der Waals surface area contributed by atoms with Crippen molar-refractivity contribution in [1.82, 2.24) is 4.57 Å². The maximum Gasteiger partial charge on any atom is 0.303 e. The van der Waals surface area contributed by atoms with Crippen molar-refractivity contribution in [2.75, 3.05) is 7.11 Å². The SMILES string of the molecule is COc1ccc(-c2ccc(CCC(=O)O)n2-c2ccc3c(c2)CN=C3)cc1. The molecule has 2 aromatic carbocycles. The van der Waals surface area contributed by atoms with Gasteiger partial charge in [0.05, 0.1) is 25.8 Å². The van der Waals surface area contributed by atoms with Gasteiger partial charge in [0.25, 0.3) is 0 Å². The Kier molecular flexibility index (Phi) is 4.50. The molecule has 0 amide bonds. The lowest BCUT2D eigenvalue weighted by molar-refractivity contribution is -0.136. The fourth-order valence-electron chi connectivity index (χ4n) is 3.44. The quantitative estimate of drug-likeness (QED) is 0.720. The molecule has 0 saturated carbocycles. The summed E-state index contributed by atoms with van der Waals surface area (Å²) in [5.74, 6) is 0.00809. The van der Waals surface area contributed by atoms with Crippen LogP contribution in [-0.4, -0.2) is 29.0 Å². The standard InChI is InChI=1S/C22H20N2O3/c1-27-20-8-3-15(4-9-20)21-10-6-18(7-11-22(25)26)24(21)19-5-2-16-13-23-14-17(16)12-19/h2-6,8-10,12-13H,7,11,14H2,1H3,(H,25,26). The first kappa shape index (κ1) is 17.1. The maximum absolute atomic E-state index is 11.1. The number of rotatable bonds is 6. The molecule has 5 nitrogen and oxygen atoms in total. The minimum absolute atomic E-state index is 0.0973. The molecular formula is C22H20N2O3. The Morgan fingerprint density at radius 2 is 1.96 bits per heavy atom. The van der Waals surface area contributed by atoms with E-state index in [-0.39, 0.29) is 6.42 Å². The lowest BCUT2D eigenvalue weighted by Gasteiger charge is -2.15. The maximum atomic E-state index is 11.1. The van der Waals surface area contributed by atoms with Crippen molar-refractivity contribution in [2.24, 2.45) is 4.99 Å². The highest BCUT2D eigenvalue weighted by Crippen LogP contribution is 2.30. The van der Waals surface area contributed by atoms with E-state index in [4.69, 9.17) is 9.84 Å². The van der Waals surface area contributed by atoms with Crippen LogP contribution in [0.1, 0.15) is 23.2 Å². The van der Waals surface area contributed by atoms with E-state index in [1.54, 1.807) is 7.11 Å². The van der Waals surface area contributed by atoms with Crippen LogP contribution in [0, 0.1) is 0 Å². The summed E-state index contributed by atoms with van der Waals surface area (Å²) in [6.45, 7) is 0.687. The van der Waals surface area contributed by atoms with Crippen LogP contribution in [0.15, 0.2) is 59.6 Å². The van der Waals surface area contributed by atoms with Crippen LogP contribution in [0.25, 0.3) is 16.9 Å². The number of aromatic nitrogens is 1. The number of fused-ring (bicyclic) bond motifs is 1. The molecule has 0 spiro atoms. The van der Waals surface area contributed by atoms with Gasteiger partial charge in [0, 0.05) is 17.6 Å². The van der Waals surface area contributed by atoms with Gasteiger partial charge in [-0.05, 0) is 71.6 Å². The van der Waals surface area contributed by atoms with E-state index in [1.807, 2.05) is 42.6 Å². The number of ether oxygens (including phenoxy) is 1. The molecule has 5 heteroatoms. The molecule has 0 radical (unpaired) electrons. The summed E-state index contributed by atoms with van der Waals surface area (Å²) in [6.07, 6.45) is 2.46. The summed E-state index contributed by atoms with van der Waals surface area (Å²) in [7, 11) is 1.65. The third-order valence-corrected chi connectivity index (χ3v) is 4.82. The fraction of sp³-hybridized carbons (Fsp3) is 0.182. The lowest BCUT2D eigenvalue weighted by atomic mass is 10.1. The molecule has 1 aromatic heterocycles. The van der Waals surface area contributed by atoms with Gasteiger partial charge in [-0.2, -0.15) is 0 Å². The second-order valence-corrected chi connectivity index (χ2v) is 6.52. The minimum atomic E-state index is -0.795. The molecule has 2 heterocycles. The van der Waals surface area contributed by atoms with Crippen molar-refractivity contribution in [3.8, 4) is 22.7 Å². The highest BCUT2D eigenvalue weighted by molar-refractivity contribution is 5.85. The van der Waals surface area contributed by atoms with Crippen molar-refractivity contribution in [2.45, 2.75) is 19.4 Å².